The molecule has 0 aliphatic heterocycles. The Morgan fingerprint density at radius 1 is 1.15 bits per heavy atom. The first-order chi connectivity index (χ1) is 9.67. The highest BCUT2D eigenvalue weighted by Gasteiger charge is 2.03. The molecule has 0 spiro atoms. The lowest BCUT2D eigenvalue weighted by Crippen LogP contribution is -2.18. The van der Waals surface area contributed by atoms with E-state index in [0.717, 1.165) is 36.8 Å². The fraction of sp³-hybridized carbons (Fsp3) is 0.375. The molecule has 2 heterocycles. The van der Waals surface area contributed by atoms with E-state index < -0.39 is 0 Å². The summed E-state index contributed by atoms with van der Waals surface area (Å²) in [7, 11) is 2.10. The zero-order chi connectivity index (χ0) is 14.4. The van der Waals surface area contributed by atoms with Gasteiger partial charge in [-0.1, -0.05) is 12.1 Å². The average Bonchev–Trinajstić information content (AvgIpc) is 2.41. The van der Waals surface area contributed by atoms with Gasteiger partial charge in [0.25, 0.3) is 0 Å². The van der Waals surface area contributed by atoms with Gasteiger partial charge in [-0.25, -0.2) is 4.98 Å². The van der Waals surface area contributed by atoms with Crippen molar-refractivity contribution in [1.82, 2.24) is 14.9 Å². The fourth-order valence-electron chi connectivity index (χ4n) is 2.14. The predicted octanol–water partition coefficient (Wildman–Crippen LogP) is 2.85. The molecule has 0 radical (unpaired) electrons. The van der Waals surface area contributed by atoms with E-state index in [1.807, 2.05) is 25.3 Å². The molecule has 2 rings (SSSR count). The van der Waals surface area contributed by atoms with Crippen molar-refractivity contribution in [2.75, 3.05) is 18.9 Å². The minimum absolute atomic E-state index is 0.844. The Bertz CT molecular complexity index is 536. The van der Waals surface area contributed by atoms with E-state index in [2.05, 4.69) is 52.4 Å². The predicted molar refractivity (Wildman–Crippen MR) is 82.5 cm³/mol. The Labute approximate surface area is 120 Å². The van der Waals surface area contributed by atoms with Crippen LogP contribution in [0.4, 0.5) is 5.82 Å². The first kappa shape index (κ1) is 14.5. The Balaban J connectivity index is 1.92. The maximum Gasteiger partial charge on any atom is 0.125 e. The molecule has 106 valence electrons. The third kappa shape index (κ3) is 4.31. The number of hydrogen-bond acceptors (Lipinski definition) is 4. The molecule has 0 fully saturated rings. The first-order valence-electron chi connectivity index (χ1n) is 6.97. The van der Waals surface area contributed by atoms with E-state index in [9.17, 15) is 0 Å². The lowest BCUT2D eigenvalue weighted by Gasteiger charge is -2.16. The van der Waals surface area contributed by atoms with Crippen molar-refractivity contribution in [3.05, 3.63) is 53.5 Å². The Kier molecular flexibility index (Phi) is 5.07. The Morgan fingerprint density at radius 2 is 2.00 bits per heavy atom. The number of hydrogen-bond donors (Lipinski definition) is 1. The van der Waals surface area contributed by atoms with Crippen molar-refractivity contribution in [1.29, 1.82) is 0 Å². The summed E-state index contributed by atoms with van der Waals surface area (Å²) in [5.74, 6) is 0.930. The van der Waals surface area contributed by atoms with Gasteiger partial charge in [-0.05, 0) is 44.7 Å². The zero-order valence-corrected chi connectivity index (χ0v) is 12.4. The molecule has 0 atom stereocenters. The molecule has 0 bridgehead atoms. The monoisotopic (exact) mass is 270 g/mol. The molecule has 0 aliphatic rings. The Hall–Kier alpha value is -1.94. The highest BCUT2D eigenvalue weighted by atomic mass is 15.1. The normalized spacial score (nSPS) is 10.8. The van der Waals surface area contributed by atoms with Crippen molar-refractivity contribution < 1.29 is 0 Å². The van der Waals surface area contributed by atoms with E-state index in [0.29, 0.717) is 0 Å². The van der Waals surface area contributed by atoms with E-state index in [4.69, 9.17) is 0 Å². The van der Waals surface area contributed by atoms with Gasteiger partial charge in [0.05, 0.1) is 5.69 Å². The maximum atomic E-state index is 4.53. The summed E-state index contributed by atoms with van der Waals surface area (Å²) < 4.78 is 0. The molecule has 1 N–H and O–H groups in total. The topological polar surface area (TPSA) is 41.0 Å². The van der Waals surface area contributed by atoms with Crippen LogP contribution >= 0.6 is 0 Å². The summed E-state index contributed by atoms with van der Waals surface area (Å²) in [6, 6.07) is 10.3. The van der Waals surface area contributed by atoms with Crippen LogP contribution in [0.15, 0.2) is 36.5 Å². The summed E-state index contributed by atoms with van der Waals surface area (Å²) in [6.45, 7) is 6.70. The van der Waals surface area contributed by atoms with E-state index in [1.54, 1.807) is 0 Å². The summed E-state index contributed by atoms with van der Waals surface area (Å²) in [5, 5.41) is 3.20. The number of pyridine rings is 2. The second-order valence-corrected chi connectivity index (χ2v) is 5.02. The molecule has 0 aliphatic carbocycles. The van der Waals surface area contributed by atoms with Crippen LogP contribution in [0.3, 0.4) is 0 Å². The standard InChI is InChI=1S/C16H22N4/c1-4-17-16-9-8-14(10-18-16)11-20(3)12-15-7-5-6-13(2)19-15/h5-10H,4,11-12H2,1-3H3,(H,17,18). The summed E-state index contributed by atoms with van der Waals surface area (Å²) in [6.07, 6.45) is 1.93. The minimum atomic E-state index is 0.844. The van der Waals surface area contributed by atoms with Crippen molar-refractivity contribution in [2.45, 2.75) is 26.9 Å². The number of nitrogens with zero attached hydrogens (tertiary/aromatic N) is 3. The van der Waals surface area contributed by atoms with Crippen molar-refractivity contribution in [3.8, 4) is 0 Å². The molecule has 0 saturated carbocycles. The third-order valence-electron chi connectivity index (χ3n) is 3.01. The third-order valence-corrected chi connectivity index (χ3v) is 3.01. The molecule has 4 nitrogen and oxygen atoms in total. The quantitative estimate of drug-likeness (QED) is 0.876. The fourth-order valence-corrected chi connectivity index (χ4v) is 2.14. The smallest absolute Gasteiger partial charge is 0.125 e. The number of aryl methyl sites for hydroxylation is 1. The zero-order valence-electron chi connectivity index (χ0n) is 12.4. The van der Waals surface area contributed by atoms with Crippen LogP contribution < -0.4 is 5.32 Å². The van der Waals surface area contributed by atoms with E-state index >= 15 is 0 Å². The Morgan fingerprint density at radius 3 is 2.65 bits per heavy atom. The molecule has 20 heavy (non-hydrogen) atoms. The van der Waals surface area contributed by atoms with Crippen LogP contribution in [-0.2, 0) is 13.1 Å². The molecule has 2 aromatic rings. The molecular weight excluding hydrogens is 248 g/mol. The highest BCUT2D eigenvalue weighted by molar-refractivity contribution is 5.35. The van der Waals surface area contributed by atoms with Crippen LogP contribution in [0.5, 0.6) is 0 Å². The SMILES string of the molecule is CCNc1ccc(CN(C)Cc2cccc(C)n2)cn1. The second-order valence-electron chi connectivity index (χ2n) is 5.02. The van der Waals surface area contributed by atoms with Gasteiger partial charge >= 0.3 is 0 Å². The number of rotatable bonds is 6. The largest absolute Gasteiger partial charge is 0.370 e. The maximum absolute atomic E-state index is 4.53. The van der Waals surface area contributed by atoms with Gasteiger partial charge in [-0.15, -0.1) is 0 Å². The molecule has 0 aromatic carbocycles. The minimum Gasteiger partial charge on any atom is -0.370 e. The molecule has 0 amide bonds. The number of aromatic nitrogens is 2. The van der Waals surface area contributed by atoms with Crippen molar-refractivity contribution in [2.24, 2.45) is 0 Å². The second kappa shape index (κ2) is 7.01. The van der Waals surface area contributed by atoms with Gasteiger partial charge in [0.1, 0.15) is 5.82 Å². The molecule has 4 heteroatoms. The van der Waals surface area contributed by atoms with Gasteiger partial charge in [-0.2, -0.15) is 0 Å². The van der Waals surface area contributed by atoms with Gasteiger partial charge in [0, 0.05) is 31.5 Å². The number of anilines is 1. The lowest BCUT2D eigenvalue weighted by atomic mass is 10.2. The van der Waals surface area contributed by atoms with Crippen molar-refractivity contribution in [3.63, 3.8) is 0 Å². The van der Waals surface area contributed by atoms with Crippen LogP contribution in [0.25, 0.3) is 0 Å². The molecule has 0 unspecified atom stereocenters. The van der Waals surface area contributed by atoms with E-state index in [1.165, 1.54) is 5.56 Å². The van der Waals surface area contributed by atoms with Gasteiger partial charge in [-0.3, -0.25) is 9.88 Å². The van der Waals surface area contributed by atoms with Crippen molar-refractivity contribution >= 4 is 5.82 Å². The lowest BCUT2D eigenvalue weighted by molar-refractivity contribution is 0.314. The summed E-state index contributed by atoms with van der Waals surface area (Å²) in [5.41, 5.74) is 3.37. The molecular formula is C16H22N4. The van der Waals surface area contributed by atoms with Crippen LogP contribution in [0.2, 0.25) is 0 Å². The van der Waals surface area contributed by atoms with E-state index in [-0.39, 0.29) is 0 Å². The number of nitrogens with one attached hydrogen (secondary N) is 1. The van der Waals surface area contributed by atoms with Gasteiger partial charge < -0.3 is 5.32 Å². The molecule has 0 saturated heterocycles. The van der Waals surface area contributed by atoms with Crippen LogP contribution in [-0.4, -0.2) is 28.5 Å². The molecule has 2 aromatic heterocycles. The highest BCUT2D eigenvalue weighted by Crippen LogP contribution is 2.09. The van der Waals surface area contributed by atoms with Crippen LogP contribution in [0.1, 0.15) is 23.9 Å². The first-order valence-corrected chi connectivity index (χ1v) is 6.97. The van der Waals surface area contributed by atoms with Crippen LogP contribution in [0, 0.1) is 6.92 Å². The summed E-state index contributed by atoms with van der Waals surface area (Å²) in [4.78, 5) is 11.2. The summed E-state index contributed by atoms with van der Waals surface area (Å²) >= 11 is 0. The van der Waals surface area contributed by atoms with Gasteiger partial charge in [0.15, 0.2) is 0 Å². The van der Waals surface area contributed by atoms with Gasteiger partial charge in [0.2, 0.25) is 0 Å². The average molecular weight is 270 g/mol.